The van der Waals surface area contributed by atoms with Gasteiger partial charge in [0.2, 0.25) is 0 Å². The highest BCUT2D eigenvalue weighted by Gasteiger charge is 2.12. The maximum absolute atomic E-state index is 12.0. The Bertz CT molecular complexity index is 404. The molecule has 1 rings (SSSR count). The smallest absolute Gasteiger partial charge is 0.253 e. The van der Waals surface area contributed by atoms with Gasteiger partial charge >= 0.3 is 0 Å². The summed E-state index contributed by atoms with van der Waals surface area (Å²) in [6.45, 7) is 6.77. The molecule has 4 heteroatoms. The van der Waals surface area contributed by atoms with E-state index in [-0.39, 0.29) is 5.91 Å². The number of benzene rings is 1. The number of nitrogens with one attached hydrogen (secondary N) is 2. The maximum Gasteiger partial charge on any atom is 0.253 e. The number of amides is 1. The average Bonchev–Trinajstić information content (AvgIpc) is 2.32. The summed E-state index contributed by atoms with van der Waals surface area (Å²) in [5, 5.41) is 6.16. The summed E-state index contributed by atoms with van der Waals surface area (Å²) in [5.41, 5.74) is 7.80. The van der Waals surface area contributed by atoms with Crippen molar-refractivity contribution in [3.8, 4) is 0 Å². The minimum absolute atomic E-state index is 0.0870. The average molecular weight is 249 g/mol. The Morgan fingerprint density at radius 2 is 2.11 bits per heavy atom. The SMILES string of the molecule is CCC[C@H](C)Nc1ccc(N)cc1C(=O)NCC. The van der Waals surface area contributed by atoms with Crippen molar-refractivity contribution < 1.29 is 4.79 Å². The van der Waals surface area contributed by atoms with Crippen LogP contribution in [0.1, 0.15) is 44.0 Å². The maximum atomic E-state index is 12.0. The van der Waals surface area contributed by atoms with Crippen molar-refractivity contribution >= 4 is 17.3 Å². The van der Waals surface area contributed by atoms with Gasteiger partial charge in [-0.3, -0.25) is 4.79 Å². The molecule has 0 radical (unpaired) electrons. The first-order chi connectivity index (χ1) is 8.58. The summed E-state index contributed by atoms with van der Waals surface area (Å²) >= 11 is 0. The van der Waals surface area contributed by atoms with E-state index in [4.69, 9.17) is 5.73 Å². The third-order valence-electron chi connectivity index (χ3n) is 2.75. The number of hydrogen-bond acceptors (Lipinski definition) is 3. The van der Waals surface area contributed by atoms with Crippen molar-refractivity contribution in [2.75, 3.05) is 17.6 Å². The van der Waals surface area contributed by atoms with Gasteiger partial charge in [0, 0.05) is 24.0 Å². The number of hydrogen-bond donors (Lipinski definition) is 3. The Hall–Kier alpha value is -1.71. The molecule has 18 heavy (non-hydrogen) atoms. The van der Waals surface area contributed by atoms with Crippen LogP contribution in [0.5, 0.6) is 0 Å². The molecule has 1 atom stereocenters. The summed E-state index contributed by atoms with van der Waals surface area (Å²) in [4.78, 5) is 12.0. The van der Waals surface area contributed by atoms with Crippen LogP contribution in [0.15, 0.2) is 18.2 Å². The molecule has 1 aromatic rings. The Labute approximate surface area is 109 Å². The standard InChI is InChI=1S/C14H23N3O/c1-4-6-10(3)17-13-8-7-11(15)9-12(13)14(18)16-5-2/h7-10,17H,4-6,15H2,1-3H3,(H,16,18)/t10-/m0/s1. The molecule has 0 aliphatic carbocycles. The quantitative estimate of drug-likeness (QED) is 0.679. The van der Waals surface area contributed by atoms with Crippen LogP contribution < -0.4 is 16.4 Å². The molecule has 4 N–H and O–H groups in total. The highest BCUT2D eigenvalue weighted by atomic mass is 16.1. The highest BCUT2D eigenvalue weighted by molar-refractivity contribution is 6.00. The van der Waals surface area contributed by atoms with Crippen molar-refractivity contribution in [2.45, 2.75) is 39.7 Å². The fraction of sp³-hybridized carbons (Fsp3) is 0.500. The third kappa shape index (κ3) is 3.95. The van der Waals surface area contributed by atoms with E-state index < -0.39 is 0 Å². The number of nitrogens with two attached hydrogens (primary N) is 1. The molecule has 1 aromatic carbocycles. The normalized spacial score (nSPS) is 11.9. The number of nitrogen functional groups attached to an aromatic ring is 1. The number of anilines is 2. The first-order valence-corrected chi connectivity index (χ1v) is 6.52. The molecule has 0 saturated heterocycles. The molecule has 0 aliphatic rings. The Balaban J connectivity index is 2.92. The van der Waals surface area contributed by atoms with Gasteiger partial charge in [-0.15, -0.1) is 0 Å². The van der Waals surface area contributed by atoms with Crippen LogP contribution in [-0.4, -0.2) is 18.5 Å². The number of carbonyl (C=O) groups is 1. The first kappa shape index (κ1) is 14.4. The van der Waals surface area contributed by atoms with Crippen molar-refractivity contribution in [3.05, 3.63) is 23.8 Å². The summed E-state index contributed by atoms with van der Waals surface area (Å²) in [6.07, 6.45) is 2.18. The zero-order chi connectivity index (χ0) is 13.5. The van der Waals surface area contributed by atoms with Crippen LogP contribution in [0.2, 0.25) is 0 Å². The Kier molecular flexibility index (Phi) is 5.49. The molecule has 0 aromatic heterocycles. The second kappa shape index (κ2) is 6.89. The van der Waals surface area contributed by atoms with Gasteiger partial charge in [-0.1, -0.05) is 13.3 Å². The molecule has 0 spiro atoms. The van der Waals surface area contributed by atoms with Gasteiger partial charge in [0.25, 0.3) is 5.91 Å². The summed E-state index contributed by atoms with van der Waals surface area (Å²) in [6, 6.07) is 5.73. The van der Waals surface area contributed by atoms with Crippen LogP contribution in [-0.2, 0) is 0 Å². The molecule has 0 fully saturated rings. The summed E-state index contributed by atoms with van der Waals surface area (Å²) in [5.74, 6) is -0.0870. The van der Waals surface area contributed by atoms with Gasteiger partial charge < -0.3 is 16.4 Å². The van der Waals surface area contributed by atoms with E-state index in [0.717, 1.165) is 18.5 Å². The van der Waals surface area contributed by atoms with E-state index in [1.807, 2.05) is 19.1 Å². The van der Waals surface area contributed by atoms with E-state index >= 15 is 0 Å². The molecule has 4 nitrogen and oxygen atoms in total. The molecule has 0 heterocycles. The number of carbonyl (C=O) groups excluding carboxylic acids is 1. The van der Waals surface area contributed by atoms with Crippen LogP contribution >= 0.6 is 0 Å². The van der Waals surface area contributed by atoms with E-state index in [0.29, 0.717) is 23.8 Å². The van der Waals surface area contributed by atoms with Crippen LogP contribution in [0.3, 0.4) is 0 Å². The molecule has 0 aliphatic heterocycles. The Morgan fingerprint density at radius 1 is 1.39 bits per heavy atom. The minimum atomic E-state index is -0.0870. The predicted molar refractivity (Wildman–Crippen MR) is 76.9 cm³/mol. The zero-order valence-corrected chi connectivity index (χ0v) is 11.4. The van der Waals surface area contributed by atoms with Crippen LogP contribution in [0.25, 0.3) is 0 Å². The monoisotopic (exact) mass is 249 g/mol. The number of rotatable bonds is 6. The van der Waals surface area contributed by atoms with Gasteiger partial charge in [0.15, 0.2) is 0 Å². The zero-order valence-electron chi connectivity index (χ0n) is 11.4. The third-order valence-corrected chi connectivity index (χ3v) is 2.75. The lowest BCUT2D eigenvalue weighted by Crippen LogP contribution is -2.25. The lowest BCUT2D eigenvalue weighted by molar-refractivity contribution is 0.0956. The minimum Gasteiger partial charge on any atom is -0.399 e. The second-order valence-corrected chi connectivity index (χ2v) is 4.50. The van der Waals surface area contributed by atoms with Gasteiger partial charge in [0.05, 0.1) is 5.56 Å². The van der Waals surface area contributed by atoms with Crippen molar-refractivity contribution in [2.24, 2.45) is 0 Å². The summed E-state index contributed by atoms with van der Waals surface area (Å²) in [7, 11) is 0. The van der Waals surface area contributed by atoms with Crippen molar-refractivity contribution in [1.29, 1.82) is 0 Å². The fourth-order valence-electron chi connectivity index (χ4n) is 1.90. The lowest BCUT2D eigenvalue weighted by Gasteiger charge is -2.17. The first-order valence-electron chi connectivity index (χ1n) is 6.52. The van der Waals surface area contributed by atoms with E-state index in [2.05, 4.69) is 24.5 Å². The molecular formula is C14H23N3O. The van der Waals surface area contributed by atoms with Gasteiger partial charge in [-0.2, -0.15) is 0 Å². The van der Waals surface area contributed by atoms with Crippen LogP contribution in [0.4, 0.5) is 11.4 Å². The van der Waals surface area contributed by atoms with Gasteiger partial charge in [-0.05, 0) is 38.5 Å². The predicted octanol–water partition coefficient (Wildman–Crippen LogP) is 2.62. The molecule has 1 amide bonds. The highest BCUT2D eigenvalue weighted by Crippen LogP contribution is 2.20. The summed E-state index contributed by atoms with van der Waals surface area (Å²) < 4.78 is 0. The second-order valence-electron chi connectivity index (χ2n) is 4.50. The largest absolute Gasteiger partial charge is 0.399 e. The fourth-order valence-corrected chi connectivity index (χ4v) is 1.90. The van der Waals surface area contributed by atoms with Gasteiger partial charge in [-0.25, -0.2) is 0 Å². The van der Waals surface area contributed by atoms with Crippen molar-refractivity contribution in [3.63, 3.8) is 0 Å². The molecule has 100 valence electrons. The van der Waals surface area contributed by atoms with E-state index in [1.165, 1.54) is 0 Å². The molecule has 0 bridgehead atoms. The molecule has 0 saturated carbocycles. The van der Waals surface area contributed by atoms with Crippen molar-refractivity contribution in [1.82, 2.24) is 5.32 Å². The van der Waals surface area contributed by atoms with Gasteiger partial charge in [0.1, 0.15) is 0 Å². The topological polar surface area (TPSA) is 67.1 Å². The lowest BCUT2D eigenvalue weighted by atomic mass is 10.1. The molecular weight excluding hydrogens is 226 g/mol. The Morgan fingerprint density at radius 3 is 2.72 bits per heavy atom. The van der Waals surface area contributed by atoms with Crippen LogP contribution in [0, 0.1) is 0 Å². The molecule has 0 unspecified atom stereocenters. The van der Waals surface area contributed by atoms with E-state index in [1.54, 1.807) is 6.07 Å². The van der Waals surface area contributed by atoms with E-state index in [9.17, 15) is 4.79 Å².